The molecule has 0 aromatic carbocycles. The van der Waals surface area contributed by atoms with Crippen molar-refractivity contribution in [3.8, 4) is 0 Å². The topological polar surface area (TPSA) is 72.8 Å². The third-order valence-electron chi connectivity index (χ3n) is 5.45. The van der Waals surface area contributed by atoms with E-state index in [1.165, 1.54) is 0 Å². The summed E-state index contributed by atoms with van der Waals surface area (Å²) >= 11 is 0. The normalized spacial score (nSPS) is 24.8. The minimum Gasteiger partial charge on any atom is -0.464 e. The van der Waals surface area contributed by atoms with Crippen molar-refractivity contribution in [1.29, 1.82) is 0 Å². The molecule has 0 heterocycles. The van der Waals surface area contributed by atoms with Gasteiger partial charge in [-0.05, 0) is 64.2 Å². The van der Waals surface area contributed by atoms with Crippen LogP contribution in [0.5, 0.6) is 0 Å². The molecule has 5 heteroatoms. The van der Waals surface area contributed by atoms with Crippen LogP contribution < -0.4 is 0 Å². The van der Waals surface area contributed by atoms with Crippen LogP contribution in [0, 0.1) is 17.8 Å². The predicted octanol–water partition coefficient (Wildman–Crippen LogP) is 4.42. The van der Waals surface area contributed by atoms with Gasteiger partial charge in [0.25, 0.3) is 0 Å². The first-order chi connectivity index (χ1) is 12.6. The van der Waals surface area contributed by atoms with Gasteiger partial charge < -0.3 is 14.6 Å². The molecule has 0 aromatic heterocycles. The molecule has 4 atom stereocenters. The third-order valence-corrected chi connectivity index (χ3v) is 5.45. The van der Waals surface area contributed by atoms with Crippen molar-refractivity contribution in [1.82, 2.24) is 0 Å². The van der Waals surface area contributed by atoms with Gasteiger partial charge in [0.15, 0.2) is 5.60 Å². The lowest BCUT2D eigenvalue weighted by atomic mass is 9.75. The molecule has 0 aromatic rings. The Hall–Kier alpha value is -1.36. The van der Waals surface area contributed by atoms with E-state index in [4.69, 9.17) is 9.47 Å². The Kier molecular flexibility index (Phi) is 9.51. The summed E-state index contributed by atoms with van der Waals surface area (Å²) in [6.07, 6.45) is 5.09. The minimum atomic E-state index is -1.84. The number of esters is 2. The maximum atomic E-state index is 12.6. The number of rotatable bonds is 9. The summed E-state index contributed by atoms with van der Waals surface area (Å²) in [6.45, 7) is 12.2. The first-order valence-corrected chi connectivity index (χ1v) is 10.3. The van der Waals surface area contributed by atoms with Gasteiger partial charge >= 0.3 is 11.9 Å². The number of ether oxygens (including phenoxy) is 2. The summed E-state index contributed by atoms with van der Waals surface area (Å²) in [5.74, 6) is -0.00291. The van der Waals surface area contributed by atoms with E-state index in [0.29, 0.717) is 24.2 Å². The van der Waals surface area contributed by atoms with Crippen molar-refractivity contribution in [3.05, 3.63) is 11.6 Å². The van der Waals surface area contributed by atoms with Gasteiger partial charge in [0.1, 0.15) is 6.10 Å². The molecular weight excluding hydrogens is 344 g/mol. The van der Waals surface area contributed by atoms with E-state index in [0.717, 1.165) is 24.8 Å². The highest BCUT2D eigenvalue weighted by Gasteiger charge is 2.41. The second kappa shape index (κ2) is 10.8. The Morgan fingerprint density at radius 1 is 1.26 bits per heavy atom. The van der Waals surface area contributed by atoms with Crippen LogP contribution in [-0.4, -0.2) is 35.4 Å². The van der Waals surface area contributed by atoms with Crippen molar-refractivity contribution in [2.24, 2.45) is 17.8 Å². The van der Waals surface area contributed by atoms with Crippen LogP contribution >= 0.6 is 0 Å². The monoisotopic (exact) mass is 382 g/mol. The summed E-state index contributed by atoms with van der Waals surface area (Å²) in [4.78, 5) is 24.9. The standard InChI is InChI=1S/C22H38O5/c1-7-26-21(24)22(25,12-8-9-15(2)3)14-20(23)27-19-13-17(6)10-11-18(19)16(4)5/h9,16-19,25H,7-8,10-14H2,1-6H3. The lowest BCUT2D eigenvalue weighted by Gasteiger charge is -2.37. The first kappa shape index (κ1) is 23.7. The molecule has 0 spiro atoms. The summed E-state index contributed by atoms with van der Waals surface area (Å²) in [5.41, 5.74) is -0.744. The van der Waals surface area contributed by atoms with E-state index < -0.39 is 17.5 Å². The van der Waals surface area contributed by atoms with Gasteiger partial charge in [-0.25, -0.2) is 4.79 Å². The smallest absolute Gasteiger partial charge is 0.338 e. The average Bonchev–Trinajstić information content (AvgIpc) is 2.54. The molecule has 0 amide bonds. The molecule has 5 nitrogen and oxygen atoms in total. The van der Waals surface area contributed by atoms with Crippen LogP contribution in [0.4, 0.5) is 0 Å². The molecule has 1 N–H and O–H groups in total. The minimum absolute atomic E-state index is 0.140. The fourth-order valence-electron chi connectivity index (χ4n) is 3.83. The van der Waals surface area contributed by atoms with E-state index in [2.05, 4.69) is 20.8 Å². The highest BCUT2D eigenvalue weighted by Crippen LogP contribution is 2.36. The number of hydrogen-bond acceptors (Lipinski definition) is 5. The van der Waals surface area contributed by atoms with Gasteiger partial charge in [0.05, 0.1) is 13.0 Å². The Bertz CT molecular complexity index is 521. The number of allylic oxidation sites excluding steroid dienone is 2. The van der Waals surface area contributed by atoms with Crippen molar-refractivity contribution < 1.29 is 24.2 Å². The number of aliphatic hydroxyl groups is 1. The van der Waals surface area contributed by atoms with E-state index in [9.17, 15) is 14.7 Å². The van der Waals surface area contributed by atoms with Crippen LogP contribution in [-0.2, 0) is 19.1 Å². The molecular formula is C22H38O5. The van der Waals surface area contributed by atoms with Crippen LogP contribution in [0.25, 0.3) is 0 Å². The lowest BCUT2D eigenvalue weighted by molar-refractivity contribution is -0.177. The van der Waals surface area contributed by atoms with Crippen molar-refractivity contribution >= 4 is 11.9 Å². The highest BCUT2D eigenvalue weighted by molar-refractivity contribution is 5.85. The maximum absolute atomic E-state index is 12.6. The maximum Gasteiger partial charge on any atom is 0.338 e. The van der Waals surface area contributed by atoms with Crippen LogP contribution in [0.2, 0.25) is 0 Å². The van der Waals surface area contributed by atoms with Gasteiger partial charge in [-0.15, -0.1) is 0 Å². The number of hydrogen-bond donors (Lipinski definition) is 1. The fraction of sp³-hybridized carbons (Fsp3) is 0.818. The quantitative estimate of drug-likeness (QED) is 0.472. The zero-order valence-electron chi connectivity index (χ0n) is 17.9. The summed E-state index contributed by atoms with van der Waals surface area (Å²) in [5, 5.41) is 10.8. The average molecular weight is 383 g/mol. The molecule has 4 unspecified atom stereocenters. The molecule has 1 rings (SSSR count). The molecule has 0 bridgehead atoms. The Labute approximate surface area is 164 Å². The summed E-state index contributed by atoms with van der Waals surface area (Å²) in [7, 11) is 0. The Morgan fingerprint density at radius 3 is 2.48 bits per heavy atom. The molecule has 156 valence electrons. The first-order valence-electron chi connectivity index (χ1n) is 10.3. The van der Waals surface area contributed by atoms with Crippen molar-refractivity contribution in [3.63, 3.8) is 0 Å². The number of carbonyl (C=O) groups excluding carboxylic acids is 2. The second-order valence-corrected chi connectivity index (χ2v) is 8.60. The van der Waals surface area contributed by atoms with Crippen molar-refractivity contribution in [2.75, 3.05) is 6.61 Å². The van der Waals surface area contributed by atoms with E-state index in [1.807, 2.05) is 19.9 Å². The fourth-order valence-corrected chi connectivity index (χ4v) is 3.83. The Morgan fingerprint density at radius 2 is 1.93 bits per heavy atom. The molecule has 0 saturated heterocycles. The Balaban J connectivity index is 2.81. The molecule has 1 fully saturated rings. The van der Waals surface area contributed by atoms with E-state index in [1.54, 1.807) is 6.92 Å². The zero-order valence-corrected chi connectivity index (χ0v) is 17.9. The highest BCUT2D eigenvalue weighted by atomic mass is 16.6. The molecule has 27 heavy (non-hydrogen) atoms. The van der Waals surface area contributed by atoms with Crippen LogP contribution in [0.3, 0.4) is 0 Å². The van der Waals surface area contributed by atoms with Crippen molar-refractivity contribution in [2.45, 2.75) is 91.8 Å². The van der Waals surface area contributed by atoms with Crippen LogP contribution in [0.1, 0.15) is 80.1 Å². The molecule has 1 aliphatic rings. The van der Waals surface area contributed by atoms with Crippen LogP contribution in [0.15, 0.2) is 11.6 Å². The van der Waals surface area contributed by atoms with Gasteiger partial charge in [-0.1, -0.05) is 38.8 Å². The number of carbonyl (C=O) groups is 2. The second-order valence-electron chi connectivity index (χ2n) is 8.60. The van der Waals surface area contributed by atoms with Gasteiger partial charge in [-0.3, -0.25) is 4.79 Å². The molecule has 1 aliphatic carbocycles. The largest absolute Gasteiger partial charge is 0.464 e. The molecule has 1 saturated carbocycles. The summed E-state index contributed by atoms with van der Waals surface area (Å²) < 4.78 is 10.8. The summed E-state index contributed by atoms with van der Waals surface area (Å²) in [6, 6.07) is 0. The predicted molar refractivity (Wildman–Crippen MR) is 106 cm³/mol. The lowest BCUT2D eigenvalue weighted by Crippen LogP contribution is -2.44. The van der Waals surface area contributed by atoms with Gasteiger partial charge in [-0.2, -0.15) is 0 Å². The van der Waals surface area contributed by atoms with Gasteiger partial charge in [0.2, 0.25) is 0 Å². The van der Waals surface area contributed by atoms with E-state index >= 15 is 0 Å². The molecule has 0 radical (unpaired) electrons. The SMILES string of the molecule is CCOC(=O)C(O)(CCC=C(C)C)CC(=O)OC1CC(C)CCC1C(C)C. The van der Waals surface area contributed by atoms with E-state index in [-0.39, 0.29) is 25.6 Å². The zero-order chi connectivity index (χ0) is 20.6. The third kappa shape index (κ3) is 7.65. The molecule has 0 aliphatic heterocycles. The van der Waals surface area contributed by atoms with Gasteiger partial charge in [0, 0.05) is 0 Å².